The molecule has 1 atom stereocenters. The first-order valence-electron chi connectivity index (χ1n) is 9.08. The molecule has 3 heterocycles. The summed E-state index contributed by atoms with van der Waals surface area (Å²) < 4.78 is 1.72. The predicted molar refractivity (Wildman–Crippen MR) is 92.9 cm³/mol. The number of aromatic nitrogens is 4. The van der Waals surface area contributed by atoms with Crippen LogP contribution in [0.4, 0.5) is 5.82 Å². The molecule has 1 aliphatic carbocycles. The van der Waals surface area contributed by atoms with Crippen LogP contribution in [-0.4, -0.2) is 49.8 Å². The molecular formula is C17H24N6O2. The van der Waals surface area contributed by atoms with Crippen molar-refractivity contribution in [1.29, 1.82) is 0 Å². The summed E-state index contributed by atoms with van der Waals surface area (Å²) in [6.07, 6.45) is 4.46. The third-order valence-electron chi connectivity index (χ3n) is 5.23. The van der Waals surface area contributed by atoms with E-state index in [4.69, 9.17) is 0 Å². The molecule has 0 spiro atoms. The van der Waals surface area contributed by atoms with Crippen LogP contribution in [0.3, 0.4) is 0 Å². The van der Waals surface area contributed by atoms with Crippen molar-refractivity contribution in [3.05, 3.63) is 5.69 Å². The molecule has 2 aliphatic rings. The van der Waals surface area contributed by atoms with Gasteiger partial charge in [0, 0.05) is 26.1 Å². The third kappa shape index (κ3) is 2.89. The van der Waals surface area contributed by atoms with E-state index >= 15 is 0 Å². The molecule has 8 nitrogen and oxygen atoms in total. The average molecular weight is 344 g/mol. The number of anilines is 1. The fraction of sp³-hybridized carbons (Fsp3) is 0.647. The van der Waals surface area contributed by atoms with E-state index in [1.807, 2.05) is 18.9 Å². The number of carbonyl (C=O) groups excluding carboxylic acids is 2. The molecule has 134 valence electrons. The molecule has 0 bridgehead atoms. The van der Waals surface area contributed by atoms with E-state index in [9.17, 15) is 9.59 Å². The number of hydrogen-bond acceptors (Lipinski definition) is 4. The van der Waals surface area contributed by atoms with Crippen molar-refractivity contribution in [3.8, 4) is 0 Å². The second kappa shape index (κ2) is 6.16. The number of amides is 2. The summed E-state index contributed by atoms with van der Waals surface area (Å²) in [4.78, 5) is 26.9. The Morgan fingerprint density at radius 2 is 2.08 bits per heavy atom. The number of H-pyrrole nitrogens is 1. The zero-order valence-corrected chi connectivity index (χ0v) is 14.7. The Balaban J connectivity index is 1.49. The zero-order valence-electron chi connectivity index (χ0n) is 14.7. The molecule has 0 radical (unpaired) electrons. The number of carbonyl (C=O) groups is 2. The largest absolute Gasteiger partial charge is 0.342 e. The van der Waals surface area contributed by atoms with Crippen LogP contribution in [0.2, 0.25) is 0 Å². The summed E-state index contributed by atoms with van der Waals surface area (Å²) in [7, 11) is 1.84. The Morgan fingerprint density at radius 3 is 2.80 bits per heavy atom. The molecule has 1 aliphatic heterocycles. The smallest absolute Gasteiger partial charge is 0.230 e. The molecule has 8 heteroatoms. The van der Waals surface area contributed by atoms with Crippen LogP contribution < -0.4 is 5.32 Å². The monoisotopic (exact) mass is 344 g/mol. The Labute approximate surface area is 145 Å². The molecule has 2 fully saturated rings. The van der Waals surface area contributed by atoms with E-state index in [-0.39, 0.29) is 23.7 Å². The van der Waals surface area contributed by atoms with Crippen molar-refractivity contribution in [2.24, 2.45) is 18.9 Å². The van der Waals surface area contributed by atoms with Gasteiger partial charge in [0.15, 0.2) is 5.65 Å². The number of nitrogens with zero attached hydrogens (tertiary/aromatic N) is 4. The lowest BCUT2D eigenvalue weighted by Gasteiger charge is -2.32. The maximum atomic E-state index is 12.7. The average Bonchev–Trinajstić information content (AvgIpc) is 3.32. The van der Waals surface area contributed by atoms with E-state index in [0.29, 0.717) is 12.4 Å². The number of hydrogen-bond donors (Lipinski definition) is 2. The first kappa shape index (κ1) is 16.1. The number of piperidine rings is 1. The van der Waals surface area contributed by atoms with Crippen LogP contribution in [0.1, 0.15) is 38.3 Å². The molecule has 1 saturated heterocycles. The molecule has 4 rings (SSSR count). The lowest BCUT2D eigenvalue weighted by Crippen LogP contribution is -2.44. The minimum atomic E-state index is -0.170. The maximum absolute atomic E-state index is 12.7. The van der Waals surface area contributed by atoms with Gasteiger partial charge in [-0.2, -0.15) is 10.2 Å². The van der Waals surface area contributed by atoms with E-state index in [2.05, 4.69) is 20.6 Å². The fourth-order valence-electron chi connectivity index (χ4n) is 3.66. The van der Waals surface area contributed by atoms with Gasteiger partial charge in [0.1, 0.15) is 5.82 Å². The summed E-state index contributed by atoms with van der Waals surface area (Å²) >= 11 is 0. The summed E-state index contributed by atoms with van der Waals surface area (Å²) in [6, 6.07) is 0. The number of fused-ring (bicyclic) bond motifs is 1. The van der Waals surface area contributed by atoms with Gasteiger partial charge in [0.05, 0.1) is 17.0 Å². The molecular weight excluding hydrogens is 320 g/mol. The molecule has 1 saturated carbocycles. The topological polar surface area (TPSA) is 95.9 Å². The summed E-state index contributed by atoms with van der Waals surface area (Å²) in [5, 5.41) is 15.5. The molecule has 25 heavy (non-hydrogen) atoms. The Morgan fingerprint density at radius 1 is 1.28 bits per heavy atom. The van der Waals surface area contributed by atoms with Crippen LogP contribution in [0.25, 0.3) is 11.0 Å². The highest BCUT2D eigenvalue weighted by Crippen LogP contribution is 2.33. The fourth-order valence-corrected chi connectivity index (χ4v) is 3.66. The van der Waals surface area contributed by atoms with Gasteiger partial charge in [-0.1, -0.05) is 6.92 Å². The number of nitrogens with one attached hydrogen (secondary N) is 2. The second-order valence-corrected chi connectivity index (χ2v) is 7.11. The van der Waals surface area contributed by atoms with Gasteiger partial charge in [-0.05, 0) is 32.1 Å². The summed E-state index contributed by atoms with van der Waals surface area (Å²) in [5.41, 5.74) is 1.65. The van der Waals surface area contributed by atoms with Crippen molar-refractivity contribution in [2.45, 2.75) is 39.0 Å². The number of aryl methyl sites for hydroxylation is 2. The standard InChI is InChI=1S/C17H24N6O2/c1-3-12-13-14(19-20-15(13)22(2)21-12)18-16(24)11-5-4-8-23(9-11)17(25)10-6-7-10/h10-11H,3-9H2,1-2H3,(H2,18,19,20,24)/t11-/m0/s1. The molecule has 2 N–H and O–H groups in total. The van der Waals surface area contributed by atoms with Crippen molar-refractivity contribution in [3.63, 3.8) is 0 Å². The van der Waals surface area contributed by atoms with Crippen molar-refractivity contribution in [2.75, 3.05) is 18.4 Å². The number of rotatable bonds is 4. The quantitative estimate of drug-likeness (QED) is 0.877. The van der Waals surface area contributed by atoms with E-state index in [0.717, 1.165) is 55.4 Å². The van der Waals surface area contributed by atoms with Gasteiger partial charge in [0.25, 0.3) is 0 Å². The van der Waals surface area contributed by atoms with Gasteiger partial charge >= 0.3 is 0 Å². The van der Waals surface area contributed by atoms with Gasteiger partial charge in [-0.15, -0.1) is 0 Å². The predicted octanol–water partition coefficient (Wildman–Crippen LogP) is 1.45. The van der Waals surface area contributed by atoms with Gasteiger partial charge < -0.3 is 10.2 Å². The molecule has 0 unspecified atom stereocenters. The van der Waals surface area contributed by atoms with Crippen LogP contribution >= 0.6 is 0 Å². The van der Waals surface area contributed by atoms with E-state index in [1.165, 1.54) is 0 Å². The summed E-state index contributed by atoms with van der Waals surface area (Å²) in [5.74, 6) is 0.815. The number of aromatic amines is 1. The van der Waals surface area contributed by atoms with Crippen LogP contribution in [0.15, 0.2) is 0 Å². The Kier molecular flexibility index (Phi) is 3.97. The van der Waals surface area contributed by atoms with Crippen molar-refractivity contribution < 1.29 is 9.59 Å². The molecule has 2 amide bonds. The highest BCUT2D eigenvalue weighted by molar-refractivity contribution is 6.01. The highest BCUT2D eigenvalue weighted by atomic mass is 16.2. The first-order valence-corrected chi connectivity index (χ1v) is 9.08. The van der Waals surface area contributed by atoms with Crippen molar-refractivity contribution in [1.82, 2.24) is 24.9 Å². The van der Waals surface area contributed by atoms with E-state index < -0.39 is 0 Å². The lowest BCUT2D eigenvalue weighted by molar-refractivity contribution is -0.135. The first-order chi connectivity index (χ1) is 12.1. The Bertz CT molecular complexity index is 819. The minimum Gasteiger partial charge on any atom is -0.342 e. The van der Waals surface area contributed by atoms with E-state index in [1.54, 1.807) is 4.68 Å². The maximum Gasteiger partial charge on any atom is 0.230 e. The molecule has 0 aromatic carbocycles. The van der Waals surface area contributed by atoms with Gasteiger partial charge in [0.2, 0.25) is 11.8 Å². The minimum absolute atomic E-state index is 0.0512. The van der Waals surface area contributed by atoms with Crippen LogP contribution in [0, 0.1) is 11.8 Å². The normalized spacial score (nSPS) is 20.9. The second-order valence-electron chi connectivity index (χ2n) is 7.11. The molecule has 2 aromatic heterocycles. The third-order valence-corrected chi connectivity index (χ3v) is 5.23. The molecule has 2 aromatic rings. The van der Waals surface area contributed by atoms with Crippen molar-refractivity contribution >= 4 is 28.7 Å². The summed E-state index contributed by atoms with van der Waals surface area (Å²) in [6.45, 7) is 3.32. The van der Waals surface area contributed by atoms with Gasteiger partial charge in [-0.3, -0.25) is 14.7 Å². The highest BCUT2D eigenvalue weighted by Gasteiger charge is 2.36. The SMILES string of the molecule is CCc1nn(C)c2n[nH]c(NC(=O)[C@H]3CCCN(C(=O)C4CC4)C3)c12. The van der Waals surface area contributed by atoms with Gasteiger partial charge in [-0.25, -0.2) is 4.68 Å². The van der Waals surface area contributed by atoms with Crippen LogP contribution in [-0.2, 0) is 23.1 Å². The zero-order chi connectivity index (χ0) is 17.6. The Hall–Kier alpha value is -2.38. The number of likely N-dealkylation sites (tertiary alicyclic amines) is 1. The van der Waals surface area contributed by atoms with Crippen LogP contribution in [0.5, 0.6) is 0 Å². The lowest BCUT2D eigenvalue weighted by atomic mass is 9.96.